The van der Waals surface area contributed by atoms with Crippen LogP contribution in [0.1, 0.15) is 34.2 Å². The maximum atomic E-state index is 5.20. The van der Waals surface area contributed by atoms with Gasteiger partial charge in [0.15, 0.2) is 0 Å². The van der Waals surface area contributed by atoms with E-state index in [9.17, 15) is 0 Å². The number of hydrogen-bond acceptors (Lipinski definition) is 7. The second-order valence-corrected chi connectivity index (χ2v) is 9.94. The Morgan fingerprint density at radius 1 is 0.590 bits per heavy atom. The van der Waals surface area contributed by atoms with Crippen LogP contribution in [-0.2, 0) is 12.8 Å². The highest BCUT2D eigenvalue weighted by atomic mass is 15.3. The minimum atomic E-state index is 0.706. The Hall–Kier alpha value is -5.17. The van der Waals surface area contributed by atoms with E-state index in [2.05, 4.69) is 110 Å². The Morgan fingerprint density at radius 3 is 1.54 bits per heavy atom. The molecule has 2 aromatic carbocycles. The molecule has 5 aromatic rings. The molecule has 0 N–H and O–H groups in total. The summed E-state index contributed by atoms with van der Waals surface area (Å²) < 4.78 is 0. The number of allylic oxidation sites excluding steroid dienone is 2. The molecule has 1 aliphatic heterocycles. The Kier molecular flexibility index (Phi) is 4.73. The molecule has 0 atom stereocenters. The molecule has 4 heterocycles. The monoisotopic (exact) mass is 505 g/mol. The van der Waals surface area contributed by atoms with Crippen LogP contribution in [0.4, 0.5) is 28.4 Å². The number of benzene rings is 2. The van der Waals surface area contributed by atoms with Gasteiger partial charge in [-0.2, -0.15) is 0 Å². The van der Waals surface area contributed by atoms with E-state index < -0.39 is 0 Å². The molecule has 7 heteroatoms. The summed E-state index contributed by atoms with van der Waals surface area (Å²) in [7, 11) is 2.12. The molecule has 186 valence electrons. The maximum absolute atomic E-state index is 5.20. The average Bonchev–Trinajstić information content (AvgIpc) is 3.62. The molecule has 0 bridgehead atoms. The highest BCUT2D eigenvalue weighted by Gasteiger charge is 2.29. The van der Waals surface area contributed by atoms with Gasteiger partial charge >= 0.3 is 0 Å². The lowest BCUT2D eigenvalue weighted by atomic mass is 10.0. The molecule has 0 amide bonds. The largest absolute Gasteiger partial charge is 0.341 e. The van der Waals surface area contributed by atoms with E-state index >= 15 is 0 Å². The first-order chi connectivity index (χ1) is 19.2. The Morgan fingerprint density at radius 2 is 1.05 bits per heavy atom. The number of fused-ring (bicyclic) bond motifs is 4. The molecule has 0 radical (unpaired) electrons. The van der Waals surface area contributed by atoms with Crippen molar-refractivity contribution < 1.29 is 0 Å². The third-order valence-electron chi connectivity index (χ3n) is 7.64. The minimum Gasteiger partial charge on any atom is -0.341 e. The van der Waals surface area contributed by atoms with Gasteiger partial charge in [0.2, 0.25) is 0 Å². The molecule has 7 nitrogen and oxygen atoms in total. The molecule has 39 heavy (non-hydrogen) atoms. The lowest BCUT2D eigenvalue weighted by Gasteiger charge is -2.38. The van der Waals surface area contributed by atoms with E-state index in [1.54, 1.807) is 24.8 Å². The minimum absolute atomic E-state index is 0.706. The average molecular weight is 506 g/mol. The normalized spacial score (nSPS) is 14.8. The summed E-state index contributed by atoms with van der Waals surface area (Å²) in [6, 6.07) is 21.5. The summed E-state index contributed by atoms with van der Waals surface area (Å²) in [4.78, 5) is 28.0. The predicted molar refractivity (Wildman–Crippen MR) is 154 cm³/mol. The molecular weight excluding hydrogens is 482 g/mol. The van der Waals surface area contributed by atoms with Gasteiger partial charge < -0.3 is 9.80 Å². The Balaban J connectivity index is 1.33. The molecule has 8 rings (SSSR count). The molecule has 2 aliphatic carbocycles. The predicted octanol–water partition coefficient (Wildman–Crippen LogP) is 6.41. The fourth-order valence-electron chi connectivity index (χ4n) is 5.78. The number of anilines is 5. The van der Waals surface area contributed by atoms with Crippen LogP contribution in [-0.4, -0.2) is 32.0 Å². The zero-order chi connectivity index (χ0) is 25.9. The standard InChI is InChI=1S/C32H23N7/c1-38-29-6-2-4-8-31(29)39(32-9-5-3-7-30(32)38)22-18-23(20-14-25-26(15-20)34-11-10-33-25)37-24(19-22)21-16-27-28(17-21)36-13-12-35-27/h2-14,16,18-19H,15,17H2,1H3. The van der Waals surface area contributed by atoms with Crippen LogP contribution in [0.25, 0.3) is 23.3 Å². The van der Waals surface area contributed by atoms with E-state index in [0.717, 1.165) is 73.7 Å². The summed E-state index contributed by atoms with van der Waals surface area (Å²) in [5.74, 6) is 0. The van der Waals surface area contributed by atoms with Crippen molar-refractivity contribution in [3.63, 3.8) is 0 Å². The van der Waals surface area contributed by atoms with Crippen molar-refractivity contribution in [1.29, 1.82) is 0 Å². The number of aromatic nitrogens is 5. The van der Waals surface area contributed by atoms with Crippen LogP contribution in [0.15, 0.2) is 85.5 Å². The fourth-order valence-corrected chi connectivity index (χ4v) is 5.78. The molecule has 0 saturated carbocycles. The zero-order valence-electron chi connectivity index (χ0n) is 21.3. The van der Waals surface area contributed by atoms with Crippen LogP contribution in [0.3, 0.4) is 0 Å². The summed E-state index contributed by atoms with van der Waals surface area (Å²) in [5.41, 5.74) is 13.5. The van der Waals surface area contributed by atoms with Gasteiger partial charge in [-0.1, -0.05) is 24.3 Å². The lowest BCUT2D eigenvalue weighted by Crippen LogP contribution is -2.24. The van der Waals surface area contributed by atoms with Crippen molar-refractivity contribution in [2.75, 3.05) is 16.8 Å². The van der Waals surface area contributed by atoms with Gasteiger partial charge in [0.1, 0.15) is 0 Å². The first-order valence-corrected chi connectivity index (χ1v) is 13.0. The molecular formula is C32H23N7. The van der Waals surface area contributed by atoms with Gasteiger partial charge in [-0.25, -0.2) is 4.98 Å². The van der Waals surface area contributed by atoms with Crippen molar-refractivity contribution in [3.05, 3.63) is 120 Å². The van der Waals surface area contributed by atoms with Crippen LogP contribution in [0, 0.1) is 0 Å². The number of hydrogen-bond donors (Lipinski definition) is 0. The van der Waals surface area contributed by atoms with Gasteiger partial charge in [0.25, 0.3) is 0 Å². The van der Waals surface area contributed by atoms with E-state index in [1.165, 1.54) is 0 Å². The zero-order valence-corrected chi connectivity index (χ0v) is 21.3. The quantitative estimate of drug-likeness (QED) is 0.281. The van der Waals surface area contributed by atoms with Gasteiger partial charge in [-0.3, -0.25) is 19.9 Å². The fraction of sp³-hybridized carbons (Fsp3) is 0.0938. The van der Waals surface area contributed by atoms with Crippen molar-refractivity contribution in [1.82, 2.24) is 24.9 Å². The smallest absolute Gasteiger partial charge is 0.0852 e. The van der Waals surface area contributed by atoms with Gasteiger partial charge in [-0.15, -0.1) is 0 Å². The summed E-state index contributed by atoms with van der Waals surface area (Å²) >= 11 is 0. The summed E-state index contributed by atoms with van der Waals surface area (Å²) in [6.07, 6.45) is 12.6. The molecule has 3 aromatic heterocycles. The Labute approximate surface area is 225 Å². The summed E-state index contributed by atoms with van der Waals surface area (Å²) in [5, 5.41) is 0. The third-order valence-corrected chi connectivity index (χ3v) is 7.64. The second-order valence-electron chi connectivity index (χ2n) is 9.94. The van der Waals surface area contributed by atoms with Crippen LogP contribution in [0.5, 0.6) is 0 Å². The van der Waals surface area contributed by atoms with E-state index in [4.69, 9.17) is 4.98 Å². The Bertz CT molecular complexity index is 1730. The third kappa shape index (κ3) is 3.47. The van der Waals surface area contributed by atoms with Crippen molar-refractivity contribution in [3.8, 4) is 0 Å². The van der Waals surface area contributed by atoms with Gasteiger partial charge in [0.05, 0.1) is 62.6 Å². The van der Waals surface area contributed by atoms with E-state index in [-0.39, 0.29) is 0 Å². The molecule has 0 fully saturated rings. The van der Waals surface area contributed by atoms with E-state index in [1.807, 2.05) is 0 Å². The SMILES string of the molecule is CN1c2ccccc2N(c2cc(C3=Cc4nccnc4C3)nc(C3=Cc4nccnc4C3)c2)c2ccccc21. The molecule has 0 spiro atoms. The van der Waals surface area contributed by atoms with Gasteiger partial charge in [-0.05, 0) is 59.7 Å². The maximum Gasteiger partial charge on any atom is 0.0852 e. The van der Waals surface area contributed by atoms with Crippen molar-refractivity contribution in [2.45, 2.75) is 12.8 Å². The van der Waals surface area contributed by atoms with Crippen molar-refractivity contribution >= 4 is 51.7 Å². The molecule has 0 unspecified atom stereocenters. The number of nitrogens with zero attached hydrogens (tertiary/aromatic N) is 7. The van der Waals surface area contributed by atoms with Gasteiger partial charge in [0, 0.05) is 44.7 Å². The first-order valence-electron chi connectivity index (χ1n) is 13.0. The highest BCUT2D eigenvalue weighted by molar-refractivity contribution is 5.99. The number of para-hydroxylation sites is 4. The van der Waals surface area contributed by atoms with Crippen LogP contribution in [0.2, 0.25) is 0 Å². The first kappa shape index (κ1) is 21.9. The lowest BCUT2D eigenvalue weighted by molar-refractivity contribution is 1.06. The van der Waals surface area contributed by atoms with Crippen molar-refractivity contribution in [2.24, 2.45) is 0 Å². The second kappa shape index (κ2) is 8.43. The van der Waals surface area contributed by atoms with Crippen LogP contribution >= 0.6 is 0 Å². The molecule has 0 saturated heterocycles. The molecule has 3 aliphatic rings. The van der Waals surface area contributed by atoms with E-state index in [0.29, 0.717) is 12.8 Å². The summed E-state index contributed by atoms with van der Waals surface area (Å²) in [6.45, 7) is 0. The topological polar surface area (TPSA) is 70.9 Å². The highest BCUT2D eigenvalue weighted by Crippen LogP contribution is 2.51. The number of rotatable bonds is 3. The van der Waals surface area contributed by atoms with Crippen LogP contribution < -0.4 is 9.80 Å². The number of pyridine rings is 1.